The number of unbranched alkanes of at least 4 members (excludes halogenated alkanes) is 4. The highest BCUT2D eigenvalue weighted by atomic mass is 16.4. The molecule has 0 aromatic heterocycles. The van der Waals surface area contributed by atoms with Crippen molar-refractivity contribution in [2.45, 2.75) is 85.0 Å². The van der Waals surface area contributed by atoms with Crippen LogP contribution in [-0.2, 0) is 4.79 Å². The van der Waals surface area contributed by atoms with Gasteiger partial charge in [-0.05, 0) is 38.5 Å². The summed E-state index contributed by atoms with van der Waals surface area (Å²) in [4.78, 5) is 10.6. The summed E-state index contributed by atoms with van der Waals surface area (Å²) in [6.45, 7) is 9.41. The van der Waals surface area contributed by atoms with Crippen molar-refractivity contribution in [1.82, 2.24) is 0 Å². The Hall–Kier alpha value is -1.03. The number of carbonyl (C=O) groups excluding carboxylic acids is 1. The minimum atomic E-state index is -0.969. The van der Waals surface area contributed by atoms with E-state index in [0.717, 1.165) is 56.2 Å². The molecule has 4 nitrogen and oxygen atoms in total. The average Bonchev–Trinajstić information content (AvgIpc) is 2.48. The molecule has 0 aromatic rings. The molecule has 23 heavy (non-hydrogen) atoms. The number of aliphatic hydroxyl groups excluding tert-OH is 1. The van der Waals surface area contributed by atoms with Crippen molar-refractivity contribution in [3.63, 3.8) is 0 Å². The first kappa shape index (κ1) is 22.0. The molecule has 0 bridgehead atoms. The number of carbonyl (C=O) groups is 1. The van der Waals surface area contributed by atoms with Crippen LogP contribution in [0.15, 0.2) is 12.0 Å². The normalized spacial score (nSPS) is 12.6. The molecule has 0 saturated heterocycles. The van der Waals surface area contributed by atoms with E-state index in [1.165, 1.54) is 19.3 Å². The maximum Gasteiger partial charge on any atom is 0.145 e. The molecular formula is C19H37NO3. The third kappa shape index (κ3) is 11.2. The summed E-state index contributed by atoms with van der Waals surface area (Å²) in [6, 6.07) is 0. The van der Waals surface area contributed by atoms with Crippen LogP contribution < -0.4 is 5.11 Å². The lowest BCUT2D eigenvalue weighted by atomic mass is 10.1. The second-order valence-corrected chi connectivity index (χ2v) is 6.65. The van der Waals surface area contributed by atoms with Gasteiger partial charge >= 0.3 is 0 Å². The van der Waals surface area contributed by atoms with Crippen LogP contribution in [-0.4, -0.2) is 35.2 Å². The summed E-state index contributed by atoms with van der Waals surface area (Å²) in [5.41, 5.74) is 0. The Morgan fingerprint density at radius 1 is 0.870 bits per heavy atom. The molecule has 0 unspecified atom stereocenters. The monoisotopic (exact) mass is 327 g/mol. The van der Waals surface area contributed by atoms with Gasteiger partial charge in [-0.15, -0.1) is 0 Å². The molecule has 4 heteroatoms. The molecular weight excluding hydrogens is 290 g/mol. The first-order valence-corrected chi connectivity index (χ1v) is 9.46. The predicted molar refractivity (Wildman–Crippen MR) is 93.8 cm³/mol. The van der Waals surface area contributed by atoms with Crippen molar-refractivity contribution in [3.05, 3.63) is 12.0 Å². The number of carboxylic acids is 1. The van der Waals surface area contributed by atoms with Gasteiger partial charge in [-0.25, -0.2) is 0 Å². The molecule has 1 N–H and O–H groups in total. The van der Waals surface area contributed by atoms with Crippen molar-refractivity contribution in [2.75, 3.05) is 19.6 Å². The lowest BCUT2D eigenvalue weighted by Gasteiger charge is -2.35. The van der Waals surface area contributed by atoms with Crippen molar-refractivity contribution in [3.8, 4) is 0 Å². The molecule has 136 valence electrons. The van der Waals surface area contributed by atoms with Crippen LogP contribution in [0.25, 0.3) is 0 Å². The summed E-state index contributed by atoms with van der Waals surface area (Å²) in [5.74, 6) is -0.466. The van der Waals surface area contributed by atoms with Crippen LogP contribution in [0.5, 0.6) is 0 Å². The Morgan fingerprint density at radius 2 is 1.48 bits per heavy atom. The van der Waals surface area contributed by atoms with Gasteiger partial charge in [-0.3, -0.25) is 4.48 Å². The molecule has 0 aliphatic heterocycles. The first-order chi connectivity index (χ1) is 11.0. The number of nitrogens with zero attached hydrogens (tertiary/aromatic N) is 1. The second kappa shape index (κ2) is 13.4. The number of hydrogen-bond acceptors (Lipinski definition) is 3. The molecule has 0 aliphatic rings. The average molecular weight is 328 g/mol. The van der Waals surface area contributed by atoms with Gasteiger partial charge in [0, 0.05) is 12.4 Å². The SMILES string of the molecule is CCCCCC/C(O)=C/[N+](CCC)(CCC)CCCCC(=O)[O-]. The molecule has 0 saturated carbocycles. The molecule has 0 radical (unpaired) electrons. The largest absolute Gasteiger partial charge is 0.550 e. The van der Waals surface area contributed by atoms with E-state index in [1.54, 1.807) is 0 Å². The molecule has 0 spiro atoms. The molecule has 0 fully saturated rings. The Morgan fingerprint density at radius 3 is 2.00 bits per heavy atom. The van der Waals surface area contributed by atoms with E-state index in [9.17, 15) is 15.0 Å². The highest BCUT2D eigenvalue weighted by molar-refractivity contribution is 5.64. The summed E-state index contributed by atoms with van der Waals surface area (Å²) in [6.07, 6.45) is 11.2. The van der Waals surface area contributed by atoms with Crippen LogP contribution >= 0.6 is 0 Å². The van der Waals surface area contributed by atoms with Crippen molar-refractivity contribution < 1.29 is 19.5 Å². The lowest BCUT2D eigenvalue weighted by Crippen LogP contribution is -2.45. The summed E-state index contributed by atoms with van der Waals surface area (Å²) >= 11 is 0. The fourth-order valence-corrected chi connectivity index (χ4v) is 3.23. The van der Waals surface area contributed by atoms with Gasteiger partial charge in [-0.1, -0.05) is 40.0 Å². The minimum Gasteiger partial charge on any atom is -0.550 e. The standard InChI is InChI=1S/C19H37NO3/c1-4-7-8-9-12-18(21)17-20(14-5-2,15-6-3)16-11-10-13-19(22)23/h17H,4-16H2,1-3H3,(H-,21,22,23)/b18-17-. The van der Waals surface area contributed by atoms with Crippen LogP contribution in [0.3, 0.4) is 0 Å². The van der Waals surface area contributed by atoms with Gasteiger partial charge in [-0.2, -0.15) is 0 Å². The summed E-state index contributed by atoms with van der Waals surface area (Å²) in [5, 5.41) is 20.9. The maximum atomic E-state index is 10.6. The van der Waals surface area contributed by atoms with Gasteiger partial charge < -0.3 is 15.0 Å². The molecule has 0 aliphatic carbocycles. The number of quaternary nitrogens is 1. The van der Waals surface area contributed by atoms with Gasteiger partial charge in [0.15, 0.2) is 0 Å². The number of carboxylic acid groups (broad SMARTS) is 1. The number of aliphatic carboxylic acids is 1. The van der Waals surface area contributed by atoms with E-state index in [2.05, 4.69) is 20.8 Å². The molecule has 0 rings (SSSR count). The highest BCUT2D eigenvalue weighted by Gasteiger charge is 2.24. The quantitative estimate of drug-likeness (QED) is 0.282. The van der Waals surface area contributed by atoms with E-state index in [1.807, 2.05) is 6.20 Å². The Kier molecular flexibility index (Phi) is 12.8. The van der Waals surface area contributed by atoms with Crippen LogP contribution in [0.4, 0.5) is 0 Å². The van der Waals surface area contributed by atoms with Gasteiger partial charge in [0.2, 0.25) is 0 Å². The zero-order valence-corrected chi connectivity index (χ0v) is 15.5. The van der Waals surface area contributed by atoms with Gasteiger partial charge in [0.05, 0.1) is 19.6 Å². The van der Waals surface area contributed by atoms with Gasteiger partial charge in [0.1, 0.15) is 12.0 Å². The number of aliphatic hydroxyl groups is 1. The molecule has 0 atom stereocenters. The first-order valence-electron chi connectivity index (χ1n) is 9.46. The third-order valence-corrected chi connectivity index (χ3v) is 4.28. The fourth-order valence-electron chi connectivity index (χ4n) is 3.23. The second-order valence-electron chi connectivity index (χ2n) is 6.65. The number of allylic oxidation sites excluding steroid dienone is 1. The van der Waals surface area contributed by atoms with E-state index >= 15 is 0 Å². The van der Waals surface area contributed by atoms with Crippen LogP contribution in [0.1, 0.15) is 85.0 Å². The van der Waals surface area contributed by atoms with Crippen LogP contribution in [0, 0.1) is 0 Å². The number of hydrogen-bond donors (Lipinski definition) is 1. The summed E-state index contributed by atoms with van der Waals surface area (Å²) in [7, 11) is 0. The minimum absolute atomic E-state index is 0.130. The number of rotatable bonds is 15. The highest BCUT2D eigenvalue weighted by Crippen LogP contribution is 2.18. The lowest BCUT2D eigenvalue weighted by molar-refractivity contribution is -0.880. The Labute approximate surface area is 142 Å². The van der Waals surface area contributed by atoms with E-state index < -0.39 is 5.97 Å². The zero-order valence-electron chi connectivity index (χ0n) is 15.5. The fraction of sp³-hybridized carbons (Fsp3) is 0.842. The zero-order chi connectivity index (χ0) is 17.6. The summed E-state index contributed by atoms with van der Waals surface area (Å²) < 4.78 is 0.777. The van der Waals surface area contributed by atoms with Crippen molar-refractivity contribution in [2.24, 2.45) is 0 Å². The predicted octanol–water partition coefficient (Wildman–Crippen LogP) is 3.91. The third-order valence-electron chi connectivity index (χ3n) is 4.28. The Balaban J connectivity index is 4.69. The van der Waals surface area contributed by atoms with Crippen molar-refractivity contribution >= 4 is 5.97 Å². The van der Waals surface area contributed by atoms with Crippen LogP contribution in [0.2, 0.25) is 0 Å². The van der Waals surface area contributed by atoms with E-state index in [0.29, 0.717) is 12.2 Å². The molecule has 0 aromatic carbocycles. The van der Waals surface area contributed by atoms with Crippen molar-refractivity contribution in [1.29, 1.82) is 0 Å². The van der Waals surface area contributed by atoms with E-state index in [4.69, 9.17) is 0 Å². The smallest absolute Gasteiger partial charge is 0.145 e. The topological polar surface area (TPSA) is 60.4 Å². The molecule has 0 amide bonds. The maximum absolute atomic E-state index is 10.6. The van der Waals surface area contributed by atoms with E-state index in [-0.39, 0.29) is 6.42 Å². The van der Waals surface area contributed by atoms with Gasteiger partial charge in [0.25, 0.3) is 0 Å². The molecule has 0 heterocycles. The Bertz CT molecular complexity index is 334.